The van der Waals surface area contributed by atoms with Crippen molar-refractivity contribution in [2.75, 3.05) is 26.4 Å². The van der Waals surface area contributed by atoms with E-state index < -0.39 is 86.6 Å². The SMILES string of the molecule is CCCCO[C@H]1O[C@H](COC(=O)CCC(=O)OC[C@H]2O[C@H](OCCCC)[C@H](O)[C@@H](O)[C@@H]2O)[C@@H](O)[C@H](O)[C@H]1O. The van der Waals surface area contributed by atoms with E-state index >= 15 is 0 Å². The highest BCUT2D eigenvalue weighted by Crippen LogP contribution is 2.24. The first kappa shape index (κ1) is 32.8. The molecule has 0 aliphatic carbocycles. The lowest BCUT2D eigenvalue weighted by molar-refractivity contribution is -0.302. The average molecular weight is 555 g/mol. The third-order valence-electron chi connectivity index (χ3n) is 6.25. The summed E-state index contributed by atoms with van der Waals surface area (Å²) in [6.45, 7) is 3.53. The third-order valence-corrected chi connectivity index (χ3v) is 6.25. The van der Waals surface area contributed by atoms with Crippen molar-refractivity contribution in [2.45, 2.75) is 114 Å². The maximum atomic E-state index is 12.1. The molecule has 222 valence electrons. The lowest BCUT2D eigenvalue weighted by atomic mass is 9.99. The number of ether oxygens (including phenoxy) is 6. The second-order valence-corrected chi connectivity index (χ2v) is 9.34. The van der Waals surface area contributed by atoms with Crippen LogP contribution < -0.4 is 0 Å². The summed E-state index contributed by atoms with van der Waals surface area (Å²) in [5.74, 6) is -1.61. The number of unbranched alkanes of at least 4 members (excludes halogenated alkanes) is 2. The van der Waals surface area contributed by atoms with Crippen LogP contribution in [0.5, 0.6) is 0 Å². The van der Waals surface area contributed by atoms with Crippen molar-refractivity contribution in [3.8, 4) is 0 Å². The van der Waals surface area contributed by atoms with Gasteiger partial charge in [0, 0.05) is 13.2 Å². The fourth-order valence-corrected chi connectivity index (χ4v) is 3.77. The molecule has 0 bridgehead atoms. The van der Waals surface area contributed by atoms with E-state index in [0.717, 1.165) is 12.8 Å². The van der Waals surface area contributed by atoms with Gasteiger partial charge in [-0.05, 0) is 12.8 Å². The normalized spacial score (nSPS) is 35.6. The average Bonchev–Trinajstić information content (AvgIpc) is 2.90. The fourth-order valence-electron chi connectivity index (χ4n) is 3.77. The number of aliphatic hydroxyl groups excluding tert-OH is 6. The standard InChI is InChI=1S/C24H42O14/c1-3-5-9-33-23-21(31)19(29)17(27)13(37-23)11-35-15(25)7-8-16(26)36-12-14-18(28)20(30)22(32)24(38-14)34-10-6-4-2/h13-14,17-24,27-32H,3-12H2,1-2H3/t13-,14-,17-,18-,19+,20+,21-,22-,23+,24+/m1/s1. The van der Waals surface area contributed by atoms with E-state index in [1.807, 2.05) is 13.8 Å². The Morgan fingerprint density at radius 1 is 0.605 bits per heavy atom. The summed E-state index contributed by atoms with van der Waals surface area (Å²) in [5.41, 5.74) is 0. The molecule has 2 saturated heterocycles. The number of aliphatic hydroxyl groups is 6. The highest BCUT2D eigenvalue weighted by atomic mass is 16.7. The van der Waals surface area contributed by atoms with Crippen molar-refractivity contribution in [3.05, 3.63) is 0 Å². The molecule has 0 radical (unpaired) electrons. The lowest BCUT2D eigenvalue weighted by Crippen LogP contribution is -2.59. The summed E-state index contributed by atoms with van der Waals surface area (Å²) >= 11 is 0. The Morgan fingerprint density at radius 2 is 0.974 bits per heavy atom. The van der Waals surface area contributed by atoms with Crippen molar-refractivity contribution >= 4 is 11.9 Å². The van der Waals surface area contributed by atoms with Gasteiger partial charge < -0.3 is 59.1 Å². The van der Waals surface area contributed by atoms with Crippen LogP contribution in [0.15, 0.2) is 0 Å². The molecule has 2 rings (SSSR count). The highest BCUT2D eigenvalue weighted by Gasteiger charge is 2.46. The number of carbonyl (C=O) groups excluding carboxylic acids is 2. The van der Waals surface area contributed by atoms with Crippen molar-refractivity contribution in [1.82, 2.24) is 0 Å². The first-order valence-corrected chi connectivity index (χ1v) is 13.0. The van der Waals surface area contributed by atoms with Gasteiger partial charge in [-0.25, -0.2) is 0 Å². The van der Waals surface area contributed by atoms with Crippen LogP contribution in [0.25, 0.3) is 0 Å². The molecule has 2 aliphatic rings. The second-order valence-electron chi connectivity index (χ2n) is 9.34. The van der Waals surface area contributed by atoms with Crippen LogP contribution in [0.2, 0.25) is 0 Å². The Kier molecular flexibility index (Phi) is 14.3. The number of carbonyl (C=O) groups is 2. The molecule has 0 saturated carbocycles. The molecule has 0 aromatic heterocycles. The minimum Gasteiger partial charge on any atom is -0.463 e. The molecule has 2 fully saturated rings. The Morgan fingerprint density at radius 3 is 1.32 bits per heavy atom. The Hall–Kier alpha value is -1.46. The van der Waals surface area contributed by atoms with Gasteiger partial charge >= 0.3 is 11.9 Å². The number of rotatable bonds is 15. The lowest BCUT2D eigenvalue weighted by Gasteiger charge is -2.40. The molecule has 0 spiro atoms. The summed E-state index contributed by atoms with van der Waals surface area (Å²) in [6.07, 6.45) is -11.5. The number of hydrogen-bond donors (Lipinski definition) is 6. The van der Waals surface area contributed by atoms with Crippen LogP contribution in [0, 0.1) is 0 Å². The molecule has 0 aromatic rings. The van der Waals surface area contributed by atoms with Gasteiger partial charge in [-0.2, -0.15) is 0 Å². The molecular formula is C24H42O14. The van der Waals surface area contributed by atoms with E-state index in [2.05, 4.69) is 0 Å². The van der Waals surface area contributed by atoms with Crippen molar-refractivity contribution < 1.29 is 68.6 Å². The minimum absolute atomic E-state index is 0.269. The van der Waals surface area contributed by atoms with E-state index in [-0.39, 0.29) is 26.1 Å². The van der Waals surface area contributed by atoms with Gasteiger partial charge in [-0.15, -0.1) is 0 Å². The van der Waals surface area contributed by atoms with E-state index in [1.54, 1.807) is 0 Å². The monoisotopic (exact) mass is 554 g/mol. The molecule has 2 aliphatic heterocycles. The van der Waals surface area contributed by atoms with E-state index in [9.17, 15) is 40.2 Å². The zero-order chi connectivity index (χ0) is 28.2. The molecule has 2 heterocycles. The Bertz CT molecular complexity index is 650. The van der Waals surface area contributed by atoms with Crippen molar-refractivity contribution in [3.63, 3.8) is 0 Å². The molecule has 6 N–H and O–H groups in total. The van der Waals surface area contributed by atoms with Gasteiger partial charge in [-0.3, -0.25) is 9.59 Å². The first-order chi connectivity index (χ1) is 18.1. The van der Waals surface area contributed by atoms with Gasteiger partial charge in [-0.1, -0.05) is 26.7 Å². The van der Waals surface area contributed by atoms with Crippen LogP contribution in [-0.4, -0.2) is 130 Å². The largest absolute Gasteiger partial charge is 0.463 e. The molecule has 38 heavy (non-hydrogen) atoms. The van der Waals surface area contributed by atoms with Crippen LogP contribution in [0.4, 0.5) is 0 Å². The first-order valence-electron chi connectivity index (χ1n) is 13.0. The maximum absolute atomic E-state index is 12.1. The van der Waals surface area contributed by atoms with E-state index in [4.69, 9.17) is 28.4 Å². The Balaban J connectivity index is 1.73. The van der Waals surface area contributed by atoms with Crippen molar-refractivity contribution in [1.29, 1.82) is 0 Å². The zero-order valence-electron chi connectivity index (χ0n) is 21.8. The quantitative estimate of drug-likeness (QED) is 0.0965. The summed E-state index contributed by atoms with van der Waals surface area (Å²) in [6, 6.07) is 0. The molecule has 14 nitrogen and oxygen atoms in total. The highest BCUT2D eigenvalue weighted by molar-refractivity contribution is 5.77. The van der Waals surface area contributed by atoms with E-state index in [1.165, 1.54) is 0 Å². The van der Waals surface area contributed by atoms with Gasteiger partial charge in [0.1, 0.15) is 62.0 Å². The topological polar surface area (TPSA) is 211 Å². The molecule has 14 heteroatoms. The predicted molar refractivity (Wildman–Crippen MR) is 126 cm³/mol. The minimum atomic E-state index is -1.57. The predicted octanol–water partition coefficient (Wildman–Crippen LogP) is -1.90. The van der Waals surface area contributed by atoms with Gasteiger partial charge in [0.2, 0.25) is 0 Å². The number of hydrogen-bond acceptors (Lipinski definition) is 14. The molecule has 0 unspecified atom stereocenters. The van der Waals surface area contributed by atoms with Crippen LogP contribution in [0.1, 0.15) is 52.4 Å². The van der Waals surface area contributed by atoms with Crippen molar-refractivity contribution in [2.24, 2.45) is 0 Å². The smallest absolute Gasteiger partial charge is 0.306 e. The third kappa shape index (κ3) is 9.62. The van der Waals surface area contributed by atoms with Crippen LogP contribution in [0.3, 0.4) is 0 Å². The summed E-state index contributed by atoms with van der Waals surface area (Å²) in [5, 5.41) is 60.4. The zero-order valence-corrected chi connectivity index (χ0v) is 21.8. The fraction of sp³-hybridized carbons (Fsp3) is 0.917. The van der Waals surface area contributed by atoms with Gasteiger partial charge in [0.25, 0.3) is 0 Å². The Labute approximate surface area is 221 Å². The van der Waals surface area contributed by atoms with Gasteiger partial charge in [0.05, 0.1) is 12.8 Å². The van der Waals surface area contributed by atoms with Crippen LogP contribution >= 0.6 is 0 Å². The molecular weight excluding hydrogens is 512 g/mol. The molecule has 0 aromatic carbocycles. The summed E-state index contributed by atoms with van der Waals surface area (Å²) in [7, 11) is 0. The molecule has 0 amide bonds. The van der Waals surface area contributed by atoms with Crippen LogP contribution in [-0.2, 0) is 38.0 Å². The van der Waals surface area contributed by atoms with E-state index in [0.29, 0.717) is 12.8 Å². The maximum Gasteiger partial charge on any atom is 0.306 e. The summed E-state index contributed by atoms with van der Waals surface area (Å²) < 4.78 is 31.7. The second kappa shape index (κ2) is 16.6. The van der Waals surface area contributed by atoms with Gasteiger partial charge in [0.15, 0.2) is 12.6 Å². The number of esters is 2. The molecule has 10 atom stereocenters. The summed E-state index contributed by atoms with van der Waals surface area (Å²) in [4.78, 5) is 24.2.